The number of hydrogen-bond acceptors (Lipinski definition) is 3. The van der Waals surface area contributed by atoms with Crippen molar-refractivity contribution < 1.29 is 14.3 Å². The molecule has 1 N–H and O–H groups in total. The fraction of sp³-hybridized carbons (Fsp3) is 0.391. The van der Waals surface area contributed by atoms with Crippen molar-refractivity contribution in [1.29, 1.82) is 0 Å². The number of benzene rings is 2. The average molecular weight is 417 g/mol. The molecule has 0 saturated heterocycles. The Labute approximate surface area is 178 Å². The van der Waals surface area contributed by atoms with Crippen LogP contribution in [0.3, 0.4) is 0 Å². The Morgan fingerprint density at radius 1 is 1.14 bits per heavy atom. The van der Waals surface area contributed by atoms with Crippen LogP contribution in [0, 0.1) is 6.92 Å². The van der Waals surface area contributed by atoms with Gasteiger partial charge in [-0.15, -0.1) is 0 Å². The van der Waals surface area contributed by atoms with E-state index in [0.29, 0.717) is 17.3 Å². The molecule has 2 aromatic rings. The number of hydrogen-bond donors (Lipinski definition) is 1. The molecule has 0 saturated carbocycles. The normalized spacial score (nSPS) is 12.7. The summed E-state index contributed by atoms with van der Waals surface area (Å²) in [5.41, 5.74) is 2.06. The van der Waals surface area contributed by atoms with E-state index in [1.807, 2.05) is 45.0 Å². The quantitative estimate of drug-likeness (QED) is 0.660. The molecule has 0 fully saturated rings. The lowest BCUT2D eigenvalue weighted by molar-refractivity contribution is -0.142. The summed E-state index contributed by atoms with van der Waals surface area (Å²) in [4.78, 5) is 27.2. The molecule has 0 unspecified atom stereocenters. The Morgan fingerprint density at radius 2 is 1.86 bits per heavy atom. The summed E-state index contributed by atoms with van der Waals surface area (Å²) in [7, 11) is 0. The molecule has 0 heterocycles. The fourth-order valence-corrected chi connectivity index (χ4v) is 3.02. The van der Waals surface area contributed by atoms with E-state index in [4.69, 9.17) is 16.3 Å². The number of aryl methyl sites for hydroxylation is 1. The molecule has 0 spiro atoms. The molecule has 29 heavy (non-hydrogen) atoms. The van der Waals surface area contributed by atoms with Gasteiger partial charge in [0, 0.05) is 17.6 Å². The van der Waals surface area contributed by atoms with Gasteiger partial charge in [-0.2, -0.15) is 0 Å². The number of amides is 2. The molecule has 0 bridgehead atoms. The Morgan fingerprint density at radius 3 is 2.52 bits per heavy atom. The van der Waals surface area contributed by atoms with E-state index >= 15 is 0 Å². The lowest BCUT2D eigenvalue weighted by Gasteiger charge is -2.29. The summed E-state index contributed by atoms with van der Waals surface area (Å²) < 4.78 is 5.62. The number of carbonyl (C=O) groups excluding carboxylic acids is 2. The zero-order chi connectivity index (χ0) is 21.4. The predicted molar refractivity (Wildman–Crippen MR) is 116 cm³/mol. The van der Waals surface area contributed by atoms with Gasteiger partial charge in [0.25, 0.3) is 5.91 Å². The van der Waals surface area contributed by atoms with Crippen molar-refractivity contribution in [2.45, 2.75) is 52.7 Å². The third-order valence-corrected chi connectivity index (χ3v) is 5.00. The number of nitrogens with one attached hydrogen (secondary N) is 1. The van der Waals surface area contributed by atoms with Crippen LogP contribution in [0.1, 0.15) is 38.3 Å². The van der Waals surface area contributed by atoms with E-state index in [2.05, 4.69) is 5.32 Å². The molecule has 156 valence electrons. The molecule has 0 aliphatic rings. The molecular formula is C23H29ClN2O3. The van der Waals surface area contributed by atoms with Gasteiger partial charge in [0.1, 0.15) is 11.8 Å². The Balaban J connectivity index is 2.15. The van der Waals surface area contributed by atoms with Crippen molar-refractivity contribution in [3.8, 4) is 5.75 Å². The van der Waals surface area contributed by atoms with E-state index in [1.54, 1.807) is 36.1 Å². The fourth-order valence-electron chi connectivity index (χ4n) is 2.84. The zero-order valence-corrected chi connectivity index (χ0v) is 18.2. The predicted octanol–water partition coefficient (Wildman–Crippen LogP) is 4.36. The van der Waals surface area contributed by atoms with Crippen molar-refractivity contribution in [2.24, 2.45) is 0 Å². The van der Waals surface area contributed by atoms with Crippen molar-refractivity contribution in [3.63, 3.8) is 0 Å². The van der Waals surface area contributed by atoms with Gasteiger partial charge >= 0.3 is 0 Å². The van der Waals surface area contributed by atoms with E-state index in [9.17, 15) is 9.59 Å². The summed E-state index contributed by atoms with van der Waals surface area (Å²) >= 11 is 5.97. The van der Waals surface area contributed by atoms with Crippen LogP contribution >= 0.6 is 11.6 Å². The van der Waals surface area contributed by atoms with Crippen LogP contribution in [0.2, 0.25) is 5.02 Å². The highest BCUT2D eigenvalue weighted by molar-refractivity contribution is 6.30. The lowest BCUT2D eigenvalue weighted by atomic mass is 10.1. The van der Waals surface area contributed by atoms with E-state index in [1.165, 1.54) is 0 Å². The molecule has 0 aliphatic carbocycles. The number of ether oxygens (including phenoxy) is 1. The van der Waals surface area contributed by atoms with Crippen molar-refractivity contribution in [1.82, 2.24) is 10.2 Å². The molecular weight excluding hydrogens is 388 g/mol. The first-order chi connectivity index (χ1) is 13.8. The van der Waals surface area contributed by atoms with Gasteiger partial charge in [-0.1, -0.05) is 54.4 Å². The average Bonchev–Trinajstić information content (AvgIpc) is 2.69. The Bertz CT molecular complexity index is 840. The smallest absolute Gasteiger partial charge is 0.261 e. The highest BCUT2D eigenvalue weighted by Gasteiger charge is 2.27. The maximum atomic E-state index is 13.0. The summed E-state index contributed by atoms with van der Waals surface area (Å²) in [6, 6.07) is 14.2. The van der Waals surface area contributed by atoms with Crippen molar-refractivity contribution in [2.75, 3.05) is 6.61 Å². The second kappa shape index (κ2) is 10.9. The van der Waals surface area contributed by atoms with Crippen LogP contribution < -0.4 is 10.1 Å². The number of carbonyl (C=O) groups is 2. The molecule has 2 amide bonds. The Kier molecular flexibility index (Phi) is 8.52. The minimum absolute atomic E-state index is 0.0450. The third kappa shape index (κ3) is 7.09. The van der Waals surface area contributed by atoms with Gasteiger partial charge in [-0.25, -0.2) is 0 Å². The summed E-state index contributed by atoms with van der Waals surface area (Å²) in [5, 5.41) is 3.49. The van der Waals surface area contributed by atoms with Crippen LogP contribution in [0.25, 0.3) is 0 Å². The summed E-state index contributed by atoms with van der Waals surface area (Å²) in [5.74, 6) is 0.0689. The molecule has 0 aromatic heterocycles. The molecule has 2 atom stereocenters. The van der Waals surface area contributed by atoms with Crippen LogP contribution in [-0.2, 0) is 16.1 Å². The summed E-state index contributed by atoms with van der Waals surface area (Å²) in [6.45, 7) is 7.84. The van der Waals surface area contributed by atoms with E-state index < -0.39 is 6.04 Å². The first-order valence-corrected chi connectivity index (χ1v) is 10.2. The highest BCUT2D eigenvalue weighted by Crippen LogP contribution is 2.18. The summed E-state index contributed by atoms with van der Waals surface area (Å²) in [6.07, 6.45) is 0.822. The van der Waals surface area contributed by atoms with Gasteiger partial charge in [-0.3, -0.25) is 9.59 Å². The molecule has 2 aromatic carbocycles. The second-order valence-electron chi connectivity index (χ2n) is 7.25. The van der Waals surface area contributed by atoms with Crippen LogP contribution in [-0.4, -0.2) is 35.4 Å². The first-order valence-electron chi connectivity index (χ1n) is 9.84. The maximum absolute atomic E-state index is 13.0. The van der Waals surface area contributed by atoms with Crippen LogP contribution in [0.4, 0.5) is 0 Å². The molecule has 2 rings (SSSR count). The Hall–Kier alpha value is -2.53. The van der Waals surface area contributed by atoms with Crippen LogP contribution in [0.15, 0.2) is 48.5 Å². The van der Waals surface area contributed by atoms with Gasteiger partial charge in [0.2, 0.25) is 5.91 Å². The standard InChI is InChI=1S/C23H29ClN2O3/c1-5-17(3)25-23(28)18(4)26(14-19-9-6-8-16(2)12-19)22(27)15-29-21-11-7-10-20(24)13-21/h6-13,17-18H,5,14-15H2,1-4H3,(H,25,28)/t17-,18+/m1/s1. The van der Waals surface area contributed by atoms with E-state index in [0.717, 1.165) is 17.5 Å². The molecule has 0 aliphatic heterocycles. The minimum atomic E-state index is -0.625. The number of nitrogens with zero attached hydrogens (tertiary/aromatic N) is 1. The largest absolute Gasteiger partial charge is 0.484 e. The molecule has 0 radical (unpaired) electrons. The van der Waals surface area contributed by atoms with Gasteiger partial charge in [0.15, 0.2) is 6.61 Å². The van der Waals surface area contributed by atoms with Crippen molar-refractivity contribution in [3.05, 3.63) is 64.7 Å². The first kappa shape index (κ1) is 22.8. The second-order valence-corrected chi connectivity index (χ2v) is 7.69. The topological polar surface area (TPSA) is 58.6 Å². The number of halogens is 1. The monoisotopic (exact) mass is 416 g/mol. The van der Waals surface area contributed by atoms with Crippen molar-refractivity contribution >= 4 is 23.4 Å². The maximum Gasteiger partial charge on any atom is 0.261 e. The highest BCUT2D eigenvalue weighted by atomic mass is 35.5. The van der Waals surface area contributed by atoms with Gasteiger partial charge < -0.3 is 15.0 Å². The SMILES string of the molecule is CC[C@@H](C)NC(=O)[C@H](C)N(Cc1cccc(C)c1)C(=O)COc1cccc(Cl)c1. The third-order valence-electron chi connectivity index (χ3n) is 4.76. The van der Waals surface area contributed by atoms with Gasteiger partial charge in [-0.05, 0) is 51.0 Å². The van der Waals surface area contributed by atoms with E-state index in [-0.39, 0.29) is 24.5 Å². The molecule has 6 heteroatoms. The van der Waals surface area contributed by atoms with Crippen LogP contribution in [0.5, 0.6) is 5.75 Å². The molecule has 5 nitrogen and oxygen atoms in total. The minimum Gasteiger partial charge on any atom is -0.484 e. The zero-order valence-electron chi connectivity index (χ0n) is 17.4. The lowest BCUT2D eigenvalue weighted by Crippen LogP contribution is -2.50. The van der Waals surface area contributed by atoms with Gasteiger partial charge in [0.05, 0.1) is 0 Å². The number of rotatable bonds is 9.